The molecule has 2 nitrogen and oxygen atoms in total. The molecule has 1 saturated heterocycles. The lowest BCUT2D eigenvalue weighted by molar-refractivity contribution is 0.0830. The Labute approximate surface area is 105 Å². The first kappa shape index (κ1) is 13.1. The molecule has 17 heavy (non-hydrogen) atoms. The number of epoxide rings is 1. The summed E-state index contributed by atoms with van der Waals surface area (Å²) >= 11 is 0. The van der Waals surface area contributed by atoms with Gasteiger partial charge in [0.2, 0.25) is 0 Å². The van der Waals surface area contributed by atoms with Crippen LogP contribution in [0, 0.1) is 11.8 Å². The summed E-state index contributed by atoms with van der Waals surface area (Å²) in [5.41, 5.74) is -0.441. The molecule has 1 heterocycles. The molecule has 1 aliphatic carbocycles. The molecule has 1 aliphatic heterocycles. The Balaban J connectivity index is 1.76. The number of rotatable bonds is 4. The number of ether oxygens (including phenoxy) is 1. The highest BCUT2D eigenvalue weighted by molar-refractivity contribution is 5.06. The summed E-state index contributed by atoms with van der Waals surface area (Å²) in [7, 11) is 0. The minimum Gasteiger partial charge on any atom is -0.386 e. The first-order chi connectivity index (χ1) is 7.80. The van der Waals surface area contributed by atoms with Gasteiger partial charge < -0.3 is 9.84 Å². The van der Waals surface area contributed by atoms with Crippen LogP contribution in [0.5, 0.6) is 0 Å². The van der Waals surface area contributed by atoms with Crippen LogP contribution in [0.4, 0.5) is 0 Å². The lowest BCUT2D eigenvalue weighted by Gasteiger charge is -2.30. The minimum absolute atomic E-state index is 0.131. The maximum absolute atomic E-state index is 9.86. The Kier molecular flexibility index (Phi) is 3.39. The van der Waals surface area contributed by atoms with Gasteiger partial charge in [0.25, 0.3) is 0 Å². The summed E-state index contributed by atoms with van der Waals surface area (Å²) in [6, 6.07) is 0. The SMILES string of the molecule is C[C@H](CCC1OC1(C)C)C1C=C[C@](C)(O)CC1. The highest BCUT2D eigenvalue weighted by atomic mass is 16.6. The molecule has 0 amide bonds. The molecule has 0 bridgehead atoms. The second-order valence-corrected chi connectivity index (χ2v) is 6.68. The van der Waals surface area contributed by atoms with Crippen molar-refractivity contribution in [2.75, 3.05) is 0 Å². The molecule has 1 N–H and O–H groups in total. The second kappa shape index (κ2) is 4.40. The van der Waals surface area contributed by atoms with Gasteiger partial charge in [-0.3, -0.25) is 0 Å². The molecular formula is C15H26O2. The number of aliphatic hydroxyl groups is 1. The van der Waals surface area contributed by atoms with Crippen molar-refractivity contribution in [1.29, 1.82) is 0 Å². The molecule has 2 rings (SSSR count). The lowest BCUT2D eigenvalue weighted by Crippen LogP contribution is -2.27. The van der Waals surface area contributed by atoms with Gasteiger partial charge in [-0.05, 0) is 58.3 Å². The van der Waals surface area contributed by atoms with Crippen molar-refractivity contribution < 1.29 is 9.84 Å². The molecule has 0 aromatic rings. The normalized spacial score (nSPS) is 41.2. The molecule has 0 saturated carbocycles. The van der Waals surface area contributed by atoms with Crippen LogP contribution in [0.2, 0.25) is 0 Å². The van der Waals surface area contributed by atoms with Crippen molar-refractivity contribution in [3.8, 4) is 0 Å². The van der Waals surface area contributed by atoms with E-state index in [4.69, 9.17) is 4.74 Å². The standard InChI is InChI=1S/C15H26O2/c1-11(5-6-13-14(2,3)17-13)12-7-9-15(4,16)10-8-12/h7,9,11-13,16H,5-6,8,10H2,1-4H3/t11-,12?,13?,15+/m1/s1. The van der Waals surface area contributed by atoms with Gasteiger partial charge in [-0.1, -0.05) is 19.1 Å². The maximum Gasteiger partial charge on any atom is 0.0892 e. The van der Waals surface area contributed by atoms with Crippen LogP contribution in [0.25, 0.3) is 0 Å². The molecule has 4 atom stereocenters. The predicted octanol–water partition coefficient (Wildman–Crippen LogP) is 3.30. The minimum atomic E-state index is -0.572. The summed E-state index contributed by atoms with van der Waals surface area (Å²) < 4.78 is 5.62. The van der Waals surface area contributed by atoms with Crippen LogP contribution in [0.1, 0.15) is 53.4 Å². The van der Waals surface area contributed by atoms with E-state index < -0.39 is 5.60 Å². The number of allylic oxidation sites excluding steroid dienone is 1. The molecule has 0 aromatic heterocycles. The summed E-state index contributed by atoms with van der Waals surface area (Å²) in [5, 5.41) is 9.86. The van der Waals surface area contributed by atoms with Crippen molar-refractivity contribution >= 4 is 0 Å². The van der Waals surface area contributed by atoms with E-state index in [0.29, 0.717) is 17.9 Å². The van der Waals surface area contributed by atoms with Gasteiger partial charge in [-0.2, -0.15) is 0 Å². The van der Waals surface area contributed by atoms with E-state index in [0.717, 1.165) is 12.8 Å². The fraction of sp³-hybridized carbons (Fsp3) is 0.867. The number of hydrogen-bond donors (Lipinski definition) is 1. The van der Waals surface area contributed by atoms with Gasteiger partial charge in [-0.25, -0.2) is 0 Å². The molecule has 1 fully saturated rings. The van der Waals surface area contributed by atoms with Crippen molar-refractivity contribution in [3.63, 3.8) is 0 Å². The fourth-order valence-corrected chi connectivity index (χ4v) is 2.81. The zero-order chi connectivity index (χ0) is 12.7. The highest BCUT2D eigenvalue weighted by Crippen LogP contribution is 2.40. The molecule has 0 spiro atoms. The third kappa shape index (κ3) is 3.32. The van der Waals surface area contributed by atoms with Gasteiger partial charge in [0, 0.05) is 0 Å². The van der Waals surface area contributed by atoms with Crippen LogP contribution in [0.15, 0.2) is 12.2 Å². The summed E-state index contributed by atoms with van der Waals surface area (Å²) in [4.78, 5) is 0. The monoisotopic (exact) mass is 238 g/mol. The third-order valence-corrected chi connectivity index (χ3v) is 4.47. The molecule has 0 aromatic carbocycles. The quantitative estimate of drug-likeness (QED) is 0.602. The van der Waals surface area contributed by atoms with Crippen molar-refractivity contribution in [2.45, 2.75) is 70.7 Å². The Morgan fingerprint density at radius 2 is 2.06 bits per heavy atom. The third-order valence-electron chi connectivity index (χ3n) is 4.47. The molecule has 2 heteroatoms. The van der Waals surface area contributed by atoms with Crippen molar-refractivity contribution in [1.82, 2.24) is 0 Å². The zero-order valence-corrected chi connectivity index (χ0v) is 11.6. The molecule has 2 aliphatic rings. The van der Waals surface area contributed by atoms with Crippen molar-refractivity contribution in [3.05, 3.63) is 12.2 Å². The highest BCUT2D eigenvalue weighted by Gasteiger charge is 2.47. The summed E-state index contributed by atoms with van der Waals surface area (Å²) in [6.45, 7) is 8.55. The van der Waals surface area contributed by atoms with E-state index in [2.05, 4.69) is 26.8 Å². The summed E-state index contributed by atoms with van der Waals surface area (Å²) in [5.74, 6) is 1.33. The average molecular weight is 238 g/mol. The van der Waals surface area contributed by atoms with E-state index in [1.54, 1.807) is 0 Å². The Bertz CT molecular complexity index is 304. The van der Waals surface area contributed by atoms with Gasteiger partial charge in [-0.15, -0.1) is 0 Å². The lowest BCUT2D eigenvalue weighted by atomic mass is 9.78. The predicted molar refractivity (Wildman–Crippen MR) is 69.8 cm³/mol. The molecule has 2 unspecified atom stereocenters. The van der Waals surface area contributed by atoms with Crippen LogP contribution in [-0.4, -0.2) is 22.4 Å². The smallest absolute Gasteiger partial charge is 0.0892 e. The van der Waals surface area contributed by atoms with Crippen LogP contribution >= 0.6 is 0 Å². The van der Waals surface area contributed by atoms with Gasteiger partial charge in [0.15, 0.2) is 0 Å². The fourth-order valence-electron chi connectivity index (χ4n) is 2.81. The van der Waals surface area contributed by atoms with Crippen LogP contribution in [0.3, 0.4) is 0 Å². The molecule has 0 radical (unpaired) electrons. The molecular weight excluding hydrogens is 212 g/mol. The molecule has 98 valence electrons. The van der Waals surface area contributed by atoms with Gasteiger partial charge >= 0.3 is 0 Å². The zero-order valence-electron chi connectivity index (χ0n) is 11.6. The average Bonchev–Trinajstić information content (AvgIpc) is 2.83. The van der Waals surface area contributed by atoms with Crippen LogP contribution in [-0.2, 0) is 4.74 Å². The Morgan fingerprint density at radius 3 is 2.53 bits per heavy atom. The van der Waals surface area contributed by atoms with Crippen molar-refractivity contribution in [2.24, 2.45) is 11.8 Å². The first-order valence-corrected chi connectivity index (χ1v) is 6.90. The van der Waals surface area contributed by atoms with E-state index in [1.165, 1.54) is 12.8 Å². The van der Waals surface area contributed by atoms with E-state index in [9.17, 15) is 5.11 Å². The summed E-state index contributed by atoms with van der Waals surface area (Å²) in [6.07, 6.45) is 9.08. The topological polar surface area (TPSA) is 32.8 Å². The van der Waals surface area contributed by atoms with Gasteiger partial charge in [0.1, 0.15) is 0 Å². The number of hydrogen-bond acceptors (Lipinski definition) is 2. The Morgan fingerprint density at radius 1 is 1.41 bits per heavy atom. The maximum atomic E-state index is 9.86. The first-order valence-electron chi connectivity index (χ1n) is 6.90. The van der Waals surface area contributed by atoms with E-state index >= 15 is 0 Å². The second-order valence-electron chi connectivity index (χ2n) is 6.68. The van der Waals surface area contributed by atoms with Gasteiger partial charge in [0.05, 0.1) is 17.3 Å². The van der Waals surface area contributed by atoms with E-state index in [-0.39, 0.29) is 5.60 Å². The van der Waals surface area contributed by atoms with E-state index in [1.807, 2.05) is 13.0 Å². The van der Waals surface area contributed by atoms with Crippen LogP contribution < -0.4 is 0 Å². The largest absolute Gasteiger partial charge is 0.386 e. The Hall–Kier alpha value is -0.340.